The summed E-state index contributed by atoms with van der Waals surface area (Å²) < 4.78 is 30.8. The van der Waals surface area contributed by atoms with Crippen molar-refractivity contribution in [3.8, 4) is 0 Å². The van der Waals surface area contributed by atoms with Gasteiger partial charge in [0.05, 0.1) is 31.2 Å². The molecule has 0 saturated heterocycles. The summed E-state index contributed by atoms with van der Waals surface area (Å²) in [7, 11) is -1.91. The van der Waals surface area contributed by atoms with Crippen LogP contribution >= 0.6 is 0 Å². The number of hydrogen-bond acceptors (Lipinski definition) is 5. The quantitative estimate of drug-likeness (QED) is 0.706. The van der Waals surface area contributed by atoms with Gasteiger partial charge in [0.1, 0.15) is 0 Å². The fraction of sp³-hybridized carbons (Fsp3) is 0.692. The molecule has 1 heterocycles. The summed E-state index contributed by atoms with van der Waals surface area (Å²) in [6, 6.07) is 0. The second-order valence-electron chi connectivity index (χ2n) is 5.49. The van der Waals surface area contributed by atoms with E-state index in [1.54, 1.807) is 17.1 Å². The number of aromatic nitrogens is 2. The molecule has 1 aromatic rings. The van der Waals surface area contributed by atoms with Crippen molar-refractivity contribution in [2.45, 2.75) is 38.5 Å². The van der Waals surface area contributed by atoms with Crippen LogP contribution in [-0.2, 0) is 31.7 Å². The molecule has 0 bridgehead atoms. The molecule has 0 spiro atoms. The largest absolute Gasteiger partial charge is 0.469 e. The standard InChI is InChI=1S/C13H20N2O4S/c1-3-15-8-11(7-14-15)9-20(17,18)10-13(4-5-13)6-12(16)19-2/h7-8H,3-6,9-10H2,1-2H3. The van der Waals surface area contributed by atoms with E-state index in [1.165, 1.54) is 7.11 Å². The molecular formula is C13H20N2O4S. The Balaban J connectivity index is 1.99. The van der Waals surface area contributed by atoms with Crippen molar-refractivity contribution in [3.05, 3.63) is 18.0 Å². The van der Waals surface area contributed by atoms with Crippen molar-refractivity contribution >= 4 is 15.8 Å². The first kappa shape index (κ1) is 15.0. The van der Waals surface area contributed by atoms with E-state index < -0.39 is 15.3 Å². The first-order valence-electron chi connectivity index (χ1n) is 6.67. The van der Waals surface area contributed by atoms with Gasteiger partial charge in [-0.05, 0) is 25.2 Å². The first-order chi connectivity index (χ1) is 9.38. The number of ether oxygens (including phenoxy) is 1. The fourth-order valence-corrected chi connectivity index (χ4v) is 4.44. The number of carbonyl (C=O) groups is 1. The molecule has 1 aliphatic rings. The number of sulfone groups is 1. The van der Waals surface area contributed by atoms with Gasteiger partial charge < -0.3 is 4.74 Å². The zero-order valence-electron chi connectivity index (χ0n) is 11.8. The third kappa shape index (κ3) is 3.82. The number of esters is 1. The summed E-state index contributed by atoms with van der Waals surface area (Å²) in [5.74, 6) is -0.306. The van der Waals surface area contributed by atoms with Gasteiger partial charge in [-0.2, -0.15) is 5.10 Å². The summed E-state index contributed by atoms with van der Waals surface area (Å²) in [5.41, 5.74) is 0.299. The molecule has 1 aliphatic carbocycles. The summed E-state index contributed by atoms with van der Waals surface area (Å²) in [6.45, 7) is 2.66. The summed E-state index contributed by atoms with van der Waals surface area (Å²) in [5, 5.41) is 4.07. The third-order valence-corrected chi connectivity index (χ3v) is 5.45. The molecule has 1 saturated carbocycles. The van der Waals surface area contributed by atoms with E-state index in [0.29, 0.717) is 12.1 Å². The average Bonchev–Trinajstić information content (AvgIpc) is 2.95. The second-order valence-corrected chi connectivity index (χ2v) is 7.55. The Morgan fingerprint density at radius 3 is 2.70 bits per heavy atom. The van der Waals surface area contributed by atoms with Gasteiger partial charge in [0.25, 0.3) is 0 Å². The number of methoxy groups -OCH3 is 1. The predicted molar refractivity (Wildman–Crippen MR) is 73.7 cm³/mol. The Labute approximate surface area is 119 Å². The van der Waals surface area contributed by atoms with Crippen LogP contribution in [0.4, 0.5) is 0 Å². The van der Waals surface area contributed by atoms with Crippen LogP contribution in [0.1, 0.15) is 31.7 Å². The highest BCUT2D eigenvalue weighted by Crippen LogP contribution is 2.50. The number of hydrogen-bond donors (Lipinski definition) is 0. The molecule has 0 radical (unpaired) electrons. The molecule has 20 heavy (non-hydrogen) atoms. The highest BCUT2D eigenvalue weighted by Gasteiger charge is 2.47. The zero-order valence-corrected chi connectivity index (χ0v) is 12.6. The maximum Gasteiger partial charge on any atom is 0.306 e. The van der Waals surface area contributed by atoms with Crippen LogP contribution in [0.15, 0.2) is 12.4 Å². The Morgan fingerprint density at radius 2 is 2.20 bits per heavy atom. The highest BCUT2D eigenvalue weighted by molar-refractivity contribution is 7.90. The molecule has 6 nitrogen and oxygen atoms in total. The van der Waals surface area contributed by atoms with E-state index in [4.69, 9.17) is 0 Å². The molecule has 1 aromatic heterocycles. The topological polar surface area (TPSA) is 78.3 Å². The summed E-state index contributed by atoms with van der Waals surface area (Å²) >= 11 is 0. The van der Waals surface area contributed by atoms with E-state index >= 15 is 0 Å². The molecular weight excluding hydrogens is 280 g/mol. The lowest BCUT2D eigenvalue weighted by atomic mass is 10.1. The smallest absolute Gasteiger partial charge is 0.306 e. The summed E-state index contributed by atoms with van der Waals surface area (Å²) in [4.78, 5) is 11.3. The molecule has 112 valence electrons. The average molecular weight is 300 g/mol. The van der Waals surface area contributed by atoms with Gasteiger partial charge in [-0.15, -0.1) is 0 Å². The van der Waals surface area contributed by atoms with Crippen LogP contribution in [0.2, 0.25) is 0 Å². The van der Waals surface area contributed by atoms with Crippen molar-refractivity contribution in [2.24, 2.45) is 5.41 Å². The molecule has 0 amide bonds. The maximum atomic E-state index is 12.2. The van der Waals surface area contributed by atoms with Gasteiger partial charge in [-0.1, -0.05) is 0 Å². The second kappa shape index (κ2) is 5.55. The first-order valence-corrected chi connectivity index (χ1v) is 8.49. The lowest BCUT2D eigenvalue weighted by molar-refractivity contribution is -0.141. The number of carbonyl (C=O) groups excluding carboxylic acids is 1. The normalized spacial score (nSPS) is 16.9. The van der Waals surface area contributed by atoms with E-state index in [2.05, 4.69) is 9.84 Å². The predicted octanol–water partition coefficient (Wildman–Crippen LogP) is 1.16. The highest BCUT2D eigenvalue weighted by atomic mass is 32.2. The third-order valence-electron chi connectivity index (χ3n) is 3.63. The minimum absolute atomic E-state index is 0.0179. The van der Waals surface area contributed by atoms with Gasteiger partial charge in [0.2, 0.25) is 0 Å². The molecule has 7 heteroatoms. The van der Waals surface area contributed by atoms with Crippen molar-refractivity contribution < 1.29 is 17.9 Å². The SMILES string of the molecule is CCn1cc(CS(=O)(=O)CC2(CC(=O)OC)CC2)cn1. The monoisotopic (exact) mass is 300 g/mol. The number of aryl methyl sites for hydroxylation is 1. The van der Waals surface area contributed by atoms with Crippen LogP contribution in [0, 0.1) is 5.41 Å². The van der Waals surface area contributed by atoms with E-state index in [1.807, 2.05) is 6.92 Å². The molecule has 0 aromatic carbocycles. The molecule has 0 unspecified atom stereocenters. The molecule has 0 aliphatic heterocycles. The van der Waals surface area contributed by atoms with Crippen molar-refractivity contribution in [2.75, 3.05) is 12.9 Å². The lowest BCUT2D eigenvalue weighted by Gasteiger charge is -2.13. The van der Waals surface area contributed by atoms with Crippen LogP contribution in [0.5, 0.6) is 0 Å². The molecule has 1 fully saturated rings. The zero-order chi connectivity index (χ0) is 14.8. The van der Waals surface area contributed by atoms with Gasteiger partial charge >= 0.3 is 5.97 Å². The molecule has 2 rings (SSSR count). The fourth-order valence-electron chi connectivity index (χ4n) is 2.35. The van der Waals surface area contributed by atoms with Crippen molar-refractivity contribution in [1.29, 1.82) is 0 Å². The van der Waals surface area contributed by atoms with E-state index in [-0.39, 0.29) is 23.9 Å². The van der Waals surface area contributed by atoms with Crippen molar-refractivity contribution in [1.82, 2.24) is 9.78 Å². The minimum atomic E-state index is -3.24. The van der Waals surface area contributed by atoms with Crippen LogP contribution < -0.4 is 0 Å². The van der Waals surface area contributed by atoms with Crippen LogP contribution in [-0.4, -0.2) is 37.0 Å². The number of nitrogens with zero attached hydrogens (tertiary/aromatic N) is 2. The van der Waals surface area contributed by atoms with Gasteiger partial charge in [-0.3, -0.25) is 9.48 Å². The number of rotatable bonds is 7. The van der Waals surface area contributed by atoms with Gasteiger partial charge in [-0.25, -0.2) is 8.42 Å². The Morgan fingerprint density at radius 1 is 1.50 bits per heavy atom. The van der Waals surface area contributed by atoms with E-state index in [0.717, 1.165) is 12.8 Å². The Hall–Kier alpha value is -1.37. The van der Waals surface area contributed by atoms with Crippen LogP contribution in [0.25, 0.3) is 0 Å². The molecule has 0 atom stereocenters. The van der Waals surface area contributed by atoms with Gasteiger partial charge in [0.15, 0.2) is 9.84 Å². The van der Waals surface area contributed by atoms with Gasteiger partial charge in [0, 0.05) is 18.3 Å². The summed E-state index contributed by atoms with van der Waals surface area (Å²) in [6.07, 6.45) is 5.07. The lowest BCUT2D eigenvalue weighted by Crippen LogP contribution is -2.22. The Kier molecular flexibility index (Phi) is 4.17. The Bertz CT molecular complexity index is 587. The maximum absolute atomic E-state index is 12.2. The minimum Gasteiger partial charge on any atom is -0.469 e. The molecule has 0 N–H and O–H groups in total. The van der Waals surface area contributed by atoms with E-state index in [9.17, 15) is 13.2 Å². The van der Waals surface area contributed by atoms with Crippen LogP contribution in [0.3, 0.4) is 0 Å². The van der Waals surface area contributed by atoms with Crippen molar-refractivity contribution in [3.63, 3.8) is 0 Å².